The lowest BCUT2D eigenvalue weighted by molar-refractivity contribution is 0.182. The lowest BCUT2D eigenvalue weighted by Gasteiger charge is -2.05. The van der Waals surface area contributed by atoms with Crippen molar-refractivity contribution in [2.24, 2.45) is 5.73 Å². The maximum Gasteiger partial charge on any atom is 0.243 e. The average Bonchev–Trinajstić information content (AvgIpc) is 2.91. The maximum absolute atomic E-state index is 5.97. The molecule has 0 fully saturated rings. The van der Waals surface area contributed by atoms with E-state index in [1.165, 1.54) is 0 Å². The molecular weight excluding hydrogens is 322 g/mol. The third kappa shape index (κ3) is 3.26. The van der Waals surface area contributed by atoms with Crippen molar-refractivity contribution in [1.29, 1.82) is 0 Å². The molecule has 1 aromatic heterocycles. The van der Waals surface area contributed by atoms with E-state index in [0.717, 1.165) is 21.2 Å². The largest absolute Gasteiger partial charge is 0.385 e. The molecule has 20 heavy (non-hydrogen) atoms. The van der Waals surface area contributed by atoms with Crippen LogP contribution in [0.25, 0.3) is 11.4 Å². The molecule has 0 saturated heterocycles. The van der Waals surface area contributed by atoms with Gasteiger partial charge in [0.05, 0.1) is 6.04 Å². The summed E-state index contributed by atoms with van der Waals surface area (Å²) in [5.74, 6) is 1.00. The first kappa shape index (κ1) is 15.2. The summed E-state index contributed by atoms with van der Waals surface area (Å²) in [5, 5.41) is 4.01. The zero-order valence-corrected chi connectivity index (χ0v) is 13.4. The molecule has 1 atom stereocenters. The summed E-state index contributed by atoms with van der Waals surface area (Å²) >= 11 is 3.54. The van der Waals surface area contributed by atoms with Crippen molar-refractivity contribution < 1.29 is 9.26 Å². The molecule has 0 aliphatic carbocycles. The number of halogens is 1. The molecule has 2 N–H and O–H groups in total. The van der Waals surface area contributed by atoms with E-state index < -0.39 is 0 Å². The number of methoxy groups -OCH3 is 1. The molecule has 1 unspecified atom stereocenters. The summed E-state index contributed by atoms with van der Waals surface area (Å²) in [5.41, 5.74) is 9.17. The molecule has 0 amide bonds. The van der Waals surface area contributed by atoms with Gasteiger partial charge in [-0.1, -0.05) is 21.1 Å². The Morgan fingerprint density at radius 1 is 1.35 bits per heavy atom. The van der Waals surface area contributed by atoms with Crippen molar-refractivity contribution in [1.82, 2.24) is 10.1 Å². The van der Waals surface area contributed by atoms with Crippen LogP contribution in [-0.2, 0) is 4.74 Å². The highest BCUT2D eigenvalue weighted by atomic mass is 79.9. The van der Waals surface area contributed by atoms with Crippen molar-refractivity contribution in [3.8, 4) is 11.4 Å². The number of nitrogens with two attached hydrogens (primary N) is 1. The predicted molar refractivity (Wildman–Crippen MR) is 80.3 cm³/mol. The van der Waals surface area contributed by atoms with E-state index in [-0.39, 0.29) is 6.04 Å². The van der Waals surface area contributed by atoms with Gasteiger partial charge in [0.2, 0.25) is 11.7 Å². The normalized spacial score (nSPS) is 12.7. The Morgan fingerprint density at radius 3 is 2.60 bits per heavy atom. The van der Waals surface area contributed by atoms with Gasteiger partial charge in [-0.25, -0.2) is 0 Å². The van der Waals surface area contributed by atoms with Crippen LogP contribution in [0.5, 0.6) is 0 Å². The fraction of sp³-hybridized carbons (Fsp3) is 0.429. The van der Waals surface area contributed by atoms with E-state index in [9.17, 15) is 0 Å². The van der Waals surface area contributed by atoms with Crippen LogP contribution in [0, 0.1) is 13.8 Å². The monoisotopic (exact) mass is 339 g/mol. The third-order valence-electron chi connectivity index (χ3n) is 3.09. The minimum Gasteiger partial charge on any atom is -0.385 e. The van der Waals surface area contributed by atoms with Crippen LogP contribution < -0.4 is 5.73 Å². The van der Waals surface area contributed by atoms with Gasteiger partial charge >= 0.3 is 0 Å². The summed E-state index contributed by atoms with van der Waals surface area (Å²) in [4.78, 5) is 4.37. The first-order chi connectivity index (χ1) is 9.52. The van der Waals surface area contributed by atoms with Gasteiger partial charge < -0.3 is 15.0 Å². The summed E-state index contributed by atoms with van der Waals surface area (Å²) in [6.07, 6.45) is 0.649. The molecule has 0 bridgehead atoms. The summed E-state index contributed by atoms with van der Waals surface area (Å²) in [6, 6.07) is 3.74. The molecule has 0 radical (unpaired) electrons. The van der Waals surface area contributed by atoms with Crippen LogP contribution in [-0.4, -0.2) is 23.9 Å². The van der Waals surface area contributed by atoms with Crippen molar-refractivity contribution in [3.63, 3.8) is 0 Å². The Labute approximate surface area is 126 Å². The number of hydrogen-bond donors (Lipinski definition) is 1. The highest BCUT2D eigenvalue weighted by Gasteiger charge is 2.16. The number of hydrogen-bond acceptors (Lipinski definition) is 5. The van der Waals surface area contributed by atoms with Gasteiger partial charge in [-0.05, 0) is 43.5 Å². The standard InChI is InChI=1S/C14H18BrN3O2/c1-8-6-10(7-9(2)12(8)15)13-17-14(20-18-13)11(16)4-5-19-3/h6-7,11H,4-5,16H2,1-3H3. The number of rotatable bonds is 5. The molecule has 2 rings (SSSR count). The van der Waals surface area contributed by atoms with Crippen LogP contribution in [0.3, 0.4) is 0 Å². The quantitative estimate of drug-likeness (QED) is 0.905. The number of aromatic nitrogens is 2. The highest BCUT2D eigenvalue weighted by Crippen LogP contribution is 2.27. The molecular formula is C14H18BrN3O2. The molecule has 0 spiro atoms. The van der Waals surface area contributed by atoms with Crippen molar-refractivity contribution in [3.05, 3.63) is 33.6 Å². The molecule has 1 aromatic carbocycles. The molecule has 108 valence electrons. The zero-order chi connectivity index (χ0) is 14.7. The van der Waals surface area contributed by atoms with E-state index in [1.54, 1.807) is 7.11 Å². The van der Waals surface area contributed by atoms with Gasteiger partial charge in [0, 0.05) is 23.8 Å². The topological polar surface area (TPSA) is 74.2 Å². The summed E-state index contributed by atoms with van der Waals surface area (Å²) in [6.45, 7) is 4.63. The third-order valence-corrected chi connectivity index (χ3v) is 4.34. The smallest absolute Gasteiger partial charge is 0.243 e. The predicted octanol–water partition coefficient (Wildman–Crippen LogP) is 3.15. The minimum absolute atomic E-state index is 0.297. The fourth-order valence-corrected chi connectivity index (χ4v) is 2.18. The first-order valence-electron chi connectivity index (χ1n) is 6.38. The molecule has 6 heteroatoms. The van der Waals surface area contributed by atoms with Gasteiger partial charge in [-0.3, -0.25) is 0 Å². The Balaban J connectivity index is 2.24. The van der Waals surface area contributed by atoms with E-state index in [2.05, 4.69) is 26.1 Å². The van der Waals surface area contributed by atoms with Crippen molar-refractivity contribution >= 4 is 15.9 Å². The van der Waals surface area contributed by atoms with Gasteiger partial charge in [0.1, 0.15) is 0 Å². The SMILES string of the molecule is COCCC(N)c1nc(-c2cc(C)c(Br)c(C)c2)no1. The Hall–Kier alpha value is -1.24. The number of benzene rings is 1. The lowest BCUT2D eigenvalue weighted by Crippen LogP contribution is -2.12. The molecule has 0 aliphatic rings. The van der Waals surface area contributed by atoms with Gasteiger partial charge in [0.25, 0.3) is 0 Å². The summed E-state index contributed by atoms with van der Waals surface area (Å²) in [7, 11) is 1.64. The zero-order valence-electron chi connectivity index (χ0n) is 11.8. The highest BCUT2D eigenvalue weighted by molar-refractivity contribution is 9.10. The van der Waals surface area contributed by atoms with Crippen LogP contribution in [0.4, 0.5) is 0 Å². The van der Waals surface area contributed by atoms with E-state index >= 15 is 0 Å². The second-order valence-corrected chi connectivity index (χ2v) is 5.56. The van der Waals surface area contributed by atoms with Crippen LogP contribution in [0.2, 0.25) is 0 Å². The molecule has 2 aromatic rings. The van der Waals surface area contributed by atoms with E-state index in [0.29, 0.717) is 24.7 Å². The van der Waals surface area contributed by atoms with Crippen LogP contribution in [0.1, 0.15) is 29.5 Å². The second-order valence-electron chi connectivity index (χ2n) is 4.77. The fourth-order valence-electron chi connectivity index (χ4n) is 1.95. The summed E-state index contributed by atoms with van der Waals surface area (Å²) < 4.78 is 11.3. The maximum atomic E-state index is 5.97. The molecule has 5 nitrogen and oxygen atoms in total. The average molecular weight is 340 g/mol. The van der Waals surface area contributed by atoms with Crippen molar-refractivity contribution in [2.45, 2.75) is 26.3 Å². The second kappa shape index (κ2) is 6.47. The molecule has 1 heterocycles. The van der Waals surface area contributed by atoms with Gasteiger partial charge in [-0.15, -0.1) is 0 Å². The first-order valence-corrected chi connectivity index (χ1v) is 7.17. The van der Waals surface area contributed by atoms with Crippen molar-refractivity contribution in [2.75, 3.05) is 13.7 Å². The van der Waals surface area contributed by atoms with Gasteiger partial charge in [-0.2, -0.15) is 4.98 Å². The Kier molecular flexibility index (Phi) is 4.91. The number of nitrogens with zero attached hydrogens (tertiary/aromatic N) is 2. The van der Waals surface area contributed by atoms with Gasteiger partial charge in [0.15, 0.2) is 0 Å². The van der Waals surface area contributed by atoms with Crippen LogP contribution in [0.15, 0.2) is 21.1 Å². The Bertz CT molecular complexity index is 575. The Morgan fingerprint density at radius 2 is 2.00 bits per heavy atom. The van der Waals surface area contributed by atoms with E-state index in [4.69, 9.17) is 15.0 Å². The minimum atomic E-state index is -0.297. The lowest BCUT2D eigenvalue weighted by atomic mass is 10.1. The van der Waals surface area contributed by atoms with Crippen LogP contribution >= 0.6 is 15.9 Å². The number of ether oxygens (including phenoxy) is 1. The molecule has 0 aliphatic heterocycles. The number of aryl methyl sites for hydroxylation is 2. The molecule has 0 saturated carbocycles. The van der Waals surface area contributed by atoms with E-state index in [1.807, 2.05) is 26.0 Å².